The number of H-pyrrole nitrogens is 1. The van der Waals surface area contributed by atoms with Gasteiger partial charge in [0, 0.05) is 43.8 Å². The van der Waals surface area contributed by atoms with E-state index in [-0.39, 0.29) is 17.2 Å². The molecule has 25 heavy (non-hydrogen) atoms. The van der Waals surface area contributed by atoms with Crippen LogP contribution in [0.1, 0.15) is 60.7 Å². The van der Waals surface area contributed by atoms with Crippen LogP contribution in [0.5, 0.6) is 0 Å². The van der Waals surface area contributed by atoms with Gasteiger partial charge in [-0.2, -0.15) is 10.1 Å². The molecule has 0 saturated carbocycles. The summed E-state index contributed by atoms with van der Waals surface area (Å²) < 4.78 is 11.0. The summed E-state index contributed by atoms with van der Waals surface area (Å²) in [5, 5.41) is 10.9. The van der Waals surface area contributed by atoms with Crippen LogP contribution in [0.4, 0.5) is 0 Å². The predicted octanol–water partition coefficient (Wildman–Crippen LogP) is 1.88. The lowest BCUT2D eigenvalue weighted by Gasteiger charge is -2.38. The van der Waals surface area contributed by atoms with Crippen molar-refractivity contribution in [3.8, 4) is 0 Å². The van der Waals surface area contributed by atoms with Crippen LogP contribution in [0.15, 0.2) is 16.8 Å². The number of piperidine rings is 1. The Kier molecular flexibility index (Phi) is 4.29. The maximum atomic E-state index is 12.6. The zero-order chi connectivity index (χ0) is 17.3. The van der Waals surface area contributed by atoms with Crippen LogP contribution < -0.4 is 0 Å². The third kappa shape index (κ3) is 3.18. The fourth-order valence-electron chi connectivity index (χ4n) is 3.73. The zero-order valence-electron chi connectivity index (χ0n) is 14.4. The maximum absolute atomic E-state index is 12.6. The van der Waals surface area contributed by atoms with Gasteiger partial charge in [-0.3, -0.25) is 9.89 Å². The maximum Gasteiger partial charge on any atom is 0.271 e. The molecule has 8 nitrogen and oxygen atoms in total. The van der Waals surface area contributed by atoms with Gasteiger partial charge in [0.25, 0.3) is 5.91 Å². The Hall–Kier alpha value is -2.22. The van der Waals surface area contributed by atoms with E-state index in [2.05, 4.69) is 22.3 Å². The van der Waals surface area contributed by atoms with E-state index in [1.807, 2.05) is 4.90 Å². The second kappa shape index (κ2) is 6.59. The quantitative estimate of drug-likeness (QED) is 0.912. The molecule has 0 aromatic carbocycles. The first kappa shape index (κ1) is 16.3. The molecule has 1 atom stereocenters. The second-order valence-corrected chi connectivity index (χ2v) is 7.20. The summed E-state index contributed by atoms with van der Waals surface area (Å²) in [6.45, 7) is 4.91. The molecule has 4 rings (SSSR count). The molecule has 2 aliphatic rings. The predicted molar refractivity (Wildman–Crippen MR) is 88.2 cm³/mol. The van der Waals surface area contributed by atoms with Crippen molar-refractivity contribution in [2.24, 2.45) is 0 Å². The van der Waals surface area contributed by atoms with Gasteiger partial charge in [0.05, 0.1) is 0 Å². The van der Waals surface area contributed by atoms with E-state index in [4.69, 9.17) is 14.2 Å². The highest BCUT2D eigenvalue weighted by Crippen LogP contribution is 2.34. The Labute approximate surface area is 145 Å². The second-order valence-electron chi connectivity index (χ2n) is 7.20. The number of aromatic nitrogens is 4. The van der Waals surface area contributed by atoms with Crippen LogP contribution in [-0.4, -0.2) is 57.4 Å². The molecule has 2 aromatic rings. The number of ether oxygens (including phenoxy) is 1. The minimum absolute atomic E-state index is 0.0310. The first-order chi connectivity index (χ1) is 12.2. The normalized spacial score (nSPS) is 25.2. The largest absolute Gasteiger partial charge is 0.381 e. The molecule has 4 heterocycles. The van der Waals surface area contributed by atoms with Crippen LogP contribution in [0.3, 0.4) is 0 Å². The smallest absolute Gasteiger partial charge is 0.271 e. The van der Waals surface area contributed by atoms with Gasteiger partial charge >= 0.3 is 0 Å². The average Bonchev–Trinajstić information content (AvgIpc) is 3.34. The van der Waals surface area contributed by atoms with Crippen molar-refractivity contribution in [3.05, 3.63) is 29.7 Å². The molecule has 2 aliphatic heterocycles. The molecule has 1 N–H and O–H groups in total. The van der Waals surface area contributed by atoms with Crippen molar-refractivity contribution < 1.29 is 14.1 Å². The van der Waals surface area contributed by atoms with Crippen molar-refractivity contribution in [2.75, 3.05) is 26.3 Å². The molecule has 2 aromatic heterocycles. The highest BCUT2D eigenvalue weighted by atomic mass is 16.5. The molecule has 2 fully saturated rings. The number of hydrogen-bond acceptors (Lipinski definition) is 6. The lowest BCUT2D eigenvalue weighted by molar-refractivity contribution is 0.0636. The van der Waals surface area contributed by atoms with E-state index in [0.717, 1.165) is 45.4 Å². The topological polar surface area (TPSA) is 97.1 Å². The molecule has 1 amide bonds. The summed E-state index contributed by atoms with van der Waals surface area (Å²) in [5.74, 6) is 1.66. The van der Waals surface area contributed by atoms with Gasteiger partial charge in [-0.05, 0) is 31.7 Å². The standard InChI is InChI=1S/C17H23N5O3/c1-17(16-19-14(25-21-16)12-4-9-24-10-5-12)6-2-8-22(11-17)15(23)13-3-7-18-20-13/h3,7,12H,2,4-6,8-11H2,1H3,(H,18,20). The fraction of sp³-hybridized carbons (Fsp3) is 0.647. The summed E-state index contributed by atoms with van der Waals surface area (Å²) in [6.07, 6.45) is 5.28. The van der Waals surface area contributed by atoms with Crippen LogP contribution >= 0.6 is 0 Å². The first-order valence-corrected chi connectivity index (χ1v) is 8.86. The lowest BCUT2D eigenvalue weighted by Crippen LogP contribution is -2.47. The molecule has 8 heteroatoms. The van der Waals surface area contributed by atoms with Crippen molar-refractivity contribution in [1.29, 1.82) is 0 Å². The van der Waals surface area contributed by atoms with E-state index >= 15 is 0 Å². The van der Waals surface area contributed by atoms with Crippen LogP contribution in [-0.2, 0) is 10.2 Å². The third-order valence-corrected chi connectivity index (χ3v) is 5.27. The Morgan fingerprint density at radius 3 is 3.00 bits per heavy atom. The van der Waals surface area contributed by atoms with Gasteiger partial charge in [-0.25, -0.2) is 0 Å². The molecule has 0 radical (unpaired) electrons. The van der Waals surface area contributed by atoms with E-state index in [1.54, 1.807) is 12.3 Å². The summed E-state index contributed by atoms with van der Waals surface area (Å²) in [6, 6.07) is 1.70. The molecule has 134 valence electrons. The Balaban J connectivity index is 1.50. The van der Waals surface area contributed by atoms with Crippen molar-refractivity contribution in [2.45, 2.75) is 43.9 Å². The number of carbonyl (C=O) groups is 1. The molecule has 0 bridgehead atoms. The summed E-state index contributed by atoms with van der Waals surface area (Å²) in [7, 11) is 0. The number of nitrogens with zero attached hydrogens (tertiary/aromatic N) is 4. The third-order valence-electron chi connectivity index (χ3n) is 5.27. The number of rotatable bonds is 3. The molecule has 0 aliphatic carbocycles. The highest BCUT2D eigenvalue weighted by molar-refractivity contribution is 5.92. The fourth-order valence-corrected chi connectivity index (χ4v) is 3.73. The van der Waals surface area contributed by atoms with Crippen molar-refractivity contribution in [1.82, 2.24) is 25.2 Å². The van der Waals surface area contributed by atoms with Gasteiger partial charge < -0.3 is 14.2 Å². The highest BCUT2D eigenvalue weighted by Gasteiger charge is 2.39. The summed E-state index contributed by atoms with van der Waals surface area (Å²) in [5.41, 5.74) is 0.223. The molecule has 2 saturated heterocycles. The lowest BCUT2D eigenvalue weighted by atomic mass is 9.81. The van der Waals surface area contributed by atoms with Crippen molar-refractivity contribution in [3.63, 3.8) is 0 Å². The number of nitrogens with one attached hydrogen (secondary N) is 1. The minimum Gasteiger partial charge on any atom is -0.381 e. The Morgan fingerprint density at radius 1 is 1.40 bits per heavy atom. The van der Waals surface area contributed by atoms with Crippen molar-refractivity contribution >= 4 is 5.91 Å². The van der Waals surface area contributed by atoms with Gasteiger partial charge in [-0.1, -0.05) is 12.1 Å². The van der Waals surface area contributed by atoms with Crippen LogP contribution in [0.25, 0.3) is 0 Å². The van der Waals surface area contributed by atoms with E-state index in [0.29, 0.717) is 24.0 Å². The van der Waals surface area contributed by atoms with E-state index in [1.165, 1.54) is 0 Å². The van der Waals surface area contributed by atoms with Crippen LogP contribution in [0.2, 0.25) is 0 Å². The van der Waals surface area contributed by atoms with E-state index < -0.39 is 0 Å². The molecular formula is C17H23N5O3. The Morgan fingerprint density at radius 2 is 2.24 bits per heavy atom. The zero-order valence-corrected chi connectivity index (χ0v) is 14.4. The minimum atomic E-state index is -0.291. The molecular weight excluding hydrogens is 322 g/mol. The molecule has 1 unspecified atom stereocenters. The van der Waals surface area contributed by atoms with E-state index in [9.17, 15) is 4.79 Å². The summed E-state index contributed by atoms with van der Waals surface area (Å²) >= 11 is 0. The monoisotopic (exact) mass is 345 g/mol. The number of amides is 1. The average molecular weight is 345 g/mol. The number of hydrogen-bond donors (Lipinski definition) is 1. The number of likely N-dealkylation sites (tertiary alicyclic amines) is 1. The molecule has 0 spiro atoms. The first-order valence-electron chi connectivity index (χ1n) is 8.86. The SMILES string of the molecule is CC1(c2noc(C3CCOCC3)n2)CCCN(C(=O)c2ccn[nH]2)C1. The Bertz CT molecular complexity index is 722. The van der Waals surface area contributed by atoms with Gasteiger partial charge in [-0.15, -0.1) is 0 Å². The number of carbonyl (C=O) groups excluding carboxylic acids is 1. The van der Waals surface area contributed by atoms with Gasteiger partial charge in [0.1, 0.15) is 5.69 Å². The van der Waals surface area contributed by atoms with Gasteiger partial charge in [0.15, 0.2) is 5.82 Å². The summed E-state index contributed by atoms with van der Waals surface area (Å²) in [4.78, 5) is 19.2. The number of aromatic amines is 1. The van der Waals surface area contributed by atoms with Crippen LogP contribution in [0, 0.1) is 0 Å². The van der Waals surface area contributed by atoms with Gasteiger partial charge in [0.2, 0.25) is 5.89 Å².